The molecule has 0 amide bonds. The Balaban J connectivity index is 2.42. The third-order valence-corrected chi connectivity index (χ3v) is 2.84. The van der Waals surface area contributed by atoms with Crippen molar-refractivity contribution in [2.45, 2.75) is 6.54 Å². The van der Waals surface area contributed by atoms with Crippen molar-refractivity contribution in [2.75, 3.05) is 0 Å². The van der Waals surface area contributed by atoms with Gasteiger partial charge in [0.2, 0.25) is 5.82 Å². The van der Waals surface area contributed by atoms with Gasteiger partial charge >= 0.3 is 5.69 Å². The lowest BCUT2D eigenvalue weighted by molar-refractivity contribution is 0.566. The van der Waals surface area contributed by atoms with Crippen LogP contribution >= 0.6 is 11.6 Å². The number of nitriles is 1. The molecule has 0 bridgehead atoms. The molecule has 7 heteroatoms. The van der Waals surface area contributed by atoms with Crippen LogP contribution in [0, 0.1) is 17.1 Å². The predicted octanol–water partition coefficient (Wildman–Crippen LogP) is 1.25. The molecule has 0 aliphatic heterocycles. The molecule has 0 saturated heterocycles. The van der Waals surface area contributed by atoms with Gasteiger partial charge in [0.1, 0.15) is 0 Å². The summed E-state index contributed by atoms with van der Waals surface area (Å²) < 4.78 is 14.1. The monoisotopic (exact) mass is 279 g/mol. The van der Waals surface area contributed by atoms with E-state index < -0.39 is 17.1 Å². The molecule has 0 fully saturated rings. The van der Waals surface area contributed by atoms with Gasteiger partial charge in [-0.2, -0.15) is 9.65 Å². The Kier molecular flexibility index (Phi) is 3.49. The first kappa shape index (κ1) is 13.1. The summed E-state index contributed by atoms with van der Waals surface area (Å²) in [7, 11) is 0. The van der Waals surface area contributed by atoms with Gasteiger partial charge in [0, 0.05) is 5.02 Å². The van der Waals surface area contributed by atoms with Crippen LogP contribution in [0.15, 0.2) is 34.0 Å². The summed E-state index contributed by atoms with van der Waals surface area (Å²) in [5.41, 5.74) is -0.873. The summed E-state index contributed by atoms with van der Waals surface area (Å²) in [6.07, 6.45) is 0.815. The number of H-pyrrole nitrogens is 1. The Morgan fingerprint density at radius 1 is 1.42 bits per heavy atom. The van der Waals surface area contributed by atoms with E-state index in [0.29, 0.717) is 11.1 Å². The number of benzene rings is 1. The Morgan fingerprint density at radius 3 is 2.79 bits per heavy atom. The molecule has 0 spiro atoms. The molecule has 1 N–H and O–H groups in total. The first-order valence-electron chi connectivity index (χ1n) is 5.19. The highest BCUT2D eigenvalue weighted by molar-refractivity contribution is 6.31. The van der Waals surface area contributed by atoms with E-state index in [9.17, 15) is 14.0 Å². The van der Waals surface area contributed by atoms with Crippen molar-refractivity contribution >= 4 is 11.6 Å². The van der Waals surface area contributed by atoms with Crippen LogP contribution in [0.4, 0.5) is 4.39 Å². The summed E-state index contributed by atoms with van der Waals surface area (Å²) in [5, 5.41) is 8.99. The molecule has 1 heterocycles. The lowest BCUT2D eigenvalue weighted by Crippen LogP contribution is -2.31. The number of aromatic nitrogens is 2. The van der Waals surface area contributed by atoms with Crippen LogP contribution in [-0.2, 0) is 6.54 Å². The fourth-order valence-electron chi connectivity index (χ4n) is 1.53. The summed E-state index contributed by atoms with van der Waals surface area (Å²) >= 11 is 5.95. The molecule has 2 rings (SSSR count). The average molecular weight is 280 g/mol. The minimum absolute atomic E-state index is 0.00290. The zero-order valence-corrected chi connectivity index (χ0v) is 10.2. The number of hydrogen-bond acceptors (Lipinski definition) is 3. The minimum Gasteiger partial charge on any atom is -0.293 e. The van der Waals surface area contributed by atoms with Gasteiger partial charge in [-0.25, -0.2) is 4.79 Å². The van der Waals surface area contributed by atoms with Gasteiger partial charge in [-0.3, -0.25) is 14.3 Å². The van der Waals surface area contributed by atoms with Crippen LogP contribution < -0.4 is 11.2 Å². The molecular weight excluding hydrogens is 273 g/mol. The van der Waals surface area contributed by atoms with Crippen molar-refractivity contribution in [2.24, 2.45) is 0 Å². The largest absolute Gasteiger partial charge is 0.328 e. The molecule has 19 heavy (non-hydrogen) atoms. The number of nitrogens with one attached hydrogen (secondary N) is 1. The molecule has 96 valence electrons. The Bertz CT molecular complexity index is 789. The zero-order valence-electron chi connectivity index (χ0n) is 9.48. The Labute approximate surface area is 111 Å². The summed E-state index contributed by atoms with van der Waals surface area (Å²) in [6.45, 7) is -0.00290. The number of rotatable bonds is 2. The maximum atomic E-state index is 13.1. The van der Waals surface area contributed by atoms with E-state index in [4.69, 9.17) is 16.9 Å². The SMILES string of the molecule is N#Cc1ccc(Cn2cc(F)c(=O)[nH]c2=O)c(Cl)c1. The molecule has 1 aromatic heterocycles. The Morgan fingerprint density at radius 2 is 2.16 bits per heavy atom. The van der Waals surface area contributed by atoms with Gasteiger partial charge < -0.3 is 0 Å². The number of hydrogen-bond donors (Lipinski definition) is 1. The van der Waals surface area contributed by atoms with Crippen molar-refractivity contribution in [3.05, 3.63) is 67.2 Å². The highest BCUT2D eigenvalue weighted by atomic mass is 35.5. The van der Waals surface area contributed by atoms with Gasteiger partial charge in [-0.15, -0.1) is 0 Å². The molecule has 0 atom stereocenters. The number of halogens is 2. The molecule has 1 aromatic carbocycles. The van der Waals surface area contributed by atoms with E-state index in [0.717, 1.165) is 10.8 Å². The van der Waals surface area contributed by atoms with Crippen LogP contribution in [-0.4, -0.2) is 9.55 Å². The van der Waals surface area contributed by atoms with Gasteiger partial charge in [0.25, 0.3) is 5.56 Å². The van der Waals surface area contributed by atoms with E-state index in [-0.39, 0.29) is 11.6 Å². The van der Waals surface area contributed by atoms with Crippen LogP contribution in [0.25, 0.3) is 0 Å². The molecule has 2 aromatic rings. The standard InChI is InChI=1S/C12H7ClFN3O2/c13-9-3-7(4-15)1-2-8(9)5-17-6-10(14)11(18)16-12(17)19/h1-3,6H,5H2,(H,16,18,19). The van der Waals surface area contributed by atoms with Crippen LogP contribution in [0.1, 0.15) is 11.1 Å². The minimum atomic E-state index is -1.06. The number of nitrogens with zero attached hydrogens (tertiary/aromatic N) is 2. The van der Waals surface area contributed by atoms with Crippen molar-refractivity contribution < 1.29 is 4.39 Å². The van der Waals surface area contributed by atoms with E-state index in [1.54, 1.807) is 6.07 Å². The fraction of sp³-hybridized carbons (Fsp3) is 0.0833. The fourth-order valence-corrected chi connectivity index (χ4v) is 1.77. The van der Waals surface area contributed by atoms with Crippen molar-refractivity contribution in [3.8, 4) is 6.07 Å². The van der Waals surface area contributed by atoms with Crippen LogP contribution in [0.3, 0.4) is 0 Å². The Hall–Kier alpha value is -2.39. The summed E-state index contributed by atoms with van der Waals surface area (Å²) in [4.78, 5) is 24.2. The van der Waals surface area contributed by atoms with Gasteiger partial charge in [-0.05, 0) is 17.7 Å². The molecule has 0 aliphatic rings. The zero-order chi connectivity index (χ0) is 14.0. The molecule has 0 radical (unpaired) electrons. The first-order chi connectivity index (χ1) is 9.01. The van der Waals surface area contributed by atoms with Crippen molar-refractivity contribution in [1.29, 1.82) is 5.26 Å². The average Bonchev–Trinajstić information content (AvgIpc) is 2.38. The van der Waals surface area contributed by atoms with Gasteiger partial charge in [0.05, 0.1) is 24.4 Å². The summed E-state index contributed by atoms with van der Waals surface area (Å²) in [5.74, 6) is -1.05. The topological polar surface area (TPSA) is 78.7 Å². The van der Waals surface area contributed by atoms with E-state index >= 15 is 0 Å². The highest BCUT2D eigenvalue weighted by Gasteiger charge is 2.07. The lowest BCUT2D eigenvalue weighted by Gasteiger charge is -2.07. The second-order valence-electron chi connectivity index (χ2n) is 3.78. The first-order valence-corrected chi connectivity index (χ1v) is 5.57. The molecule has 0 aliphatic carbocycles. The molecule has 0 saturated carbocycles. The quantitative estimate of drug-likeness (QED) is 0.898. The van der Waals surface area contributed by atoms with E-state index in [1.807, 2.05) is 11.1 Å². The third kappa shape index (κ3) is 2.72. The van der Waals surface area contributed by atoms with E-state index in [2.05, 4.69) is 0 Å². The molecular formula is C12H7ClFN3O2. The molecule has 5 nitrogen and oxygen atoms in total. The highest BCUT2D eigenvalue weighted by Crippen LogP contribution is 2.18. The lowest BCUT2D eigenvalue weighted by atomic mass is 10.1. The predicted molar refractivity (Wildman–Crippen MR) is 66.5 cm³/mol. The maximum Gasteiger partial charge on any atom is 0.328 e. The van der Waals surface area contributed by atoms with Crippen LogP contribution in [0.5, 0.6) is 0 Å². The number of aromatic amines is 1. The third-order valence-electron chi connectivity index (χ3n) is 2.49. The second-order valence-corrected chi connectivity index (χ2v) is 4.19. The maximum absolute atomic E-state index is 13.1. The van der Waals surface area contributed by atoms with Crippen molar-refractivity contribution in [1.82, 2.24) is 9.55 Å². The normalized spacial score (nSPS) is 10.2. The van der Waals surface area contributed by atoms with Gasteiger partial charge in [-0.1, -0.05) is 17.7 Å². The second kappa shape index (κ2) is 5.08. The van der Waals surface area contributed by atoms with E-state index in [1.165, 1.54) is 12.1 Å². The summed E-state index contributed by atoms with van der Waals surface area (Å²) in [6, 6.07) is 6.48. The smallest absolute Gasteiger partial charge is 0.293 e. The van der Waals surface area contributed by atoms with Crippen LogP contribution in [0.2, 0.25) is 5.02 Å². The van der Waals surface area contributed by atoms with Gasteiger partial charge in [0.15, 0.2) is 0 Å². The molecule has 0 unspecified atom stereocenters. The van der Waals surface area contributed by atoms with Crippen molar-refractivity contribution in [3.63, 3.8) is 0 Å².